The fraction of sp³-hybridized carbons (Fsp3) is 0.400. The standard InChI is InChI=1S/C20H25N3O5S/c1-2-13-29(26,27)23-11-3-5-15(14-23)19(24)21-16-7-9-17(10-8-16)22-20(25)18-6-4-12-28-18/h4,6-10,12,15H,2-3,5,11,13-14H2,1H3,(H,21,24)(H,22,25). The van der Waals surface area contributed by atoms with E-state index in [4.69, 9.17) is 4.42 Å². The van der Waals surface area contributed by atoms with E-state index < -0.39 is 10.0 Å². The van der Waals surface area contributed by atoms with Gasteiger partial charge >= 0.3 is 0 Å². The molecule has 0 radical (unpaired) electrons. The molecule has 2 aromatic rings. The van der Waals surface area contributed by atoms with E-state index in [0.717, 1.165) is 0 Å². The summed E-state index contributed by atoms with van der Waals surface area (Å²) in [6, 6.07) is 9.92. The van der Waals surface area contributed by atoms with Crippen molar-refractivity contribution in [1.29, 1.82) is 0 Å². The van der Waals surface area contributed by atoms with Crippen molar-refractivity contribution in [1.82, 2.24) is 4.31 Å². The minimum absolute atomic E-state index is 0.104. The van der Waals surface area contributed by atoms with Crippen LogP contribution in [0, 0.1) is 5.92 Å². The molecule has 2 N–H and O–H groups in total. The maximum absolute atomic E-state index is 12.6. The topological polar surface area (TPSA) is 109 Å². The molecule has 29 heavy (non-hydrogen) atoms. The Balaban J connectivity index is 1.57. The van der Waals surface area contributed by atoms with Gasteiger partial charge in [0.1, 0.15) is 0 Å². The molecule has 1 aliphatic rings. The number of amides is 2. The molecular weight excluding hydrogens is 394 g/mol. The fourth-order valence-electron chi connectivity index (χ4n) is 3.28. The molecule has 1 atom stereocenters. The lowest BCUT2D eigenvalue weighted by Crippen LogP contribution is -2.44. The zero-order chi connectivity index (χ0) is 20.9. The molecule has 0 spiro atoms. The van der Waals surface area contributed by atoms with E-state index in [0.29, 0.717) is 37.2 Å². The van der Waals surface area contributed by atoms with Gasteiger partial charge in [0.05, 0.1) is 17.9 Å². The van der Waals surface area contributed by atoms with Crippen molar-refractivity contribution in [3.05, 3.63) is 48.4 Å². The van der Waals surface area contributed by atoms with Gasteiger partial charge in [0, 0.05) is 24.5 Å². The first-order chi connectivity index (χ1) is 13.9. The van der Waals surface area contributed by atoms with Gasteiger partial charge in [-0.2, -0.15) is 0 Å². The highest BCUT2D eigenvalue weighted by molar-refractivity contribution is 7.89. The largest absolute Gasteiger partial charge is 0.459 e. The summed E-state index contributed by atoms with van der Waals surface area (Å²) in [6.07, 6.45) is 3.30. The molecule has 2 heterocycles. The van der Waals surface area contributed by atoms with Crippen LogP contribution in [0.4, 0.5) is 11.4 Å². The van der Waals surface area contributed by atoms with E-state index in [-0.39, 0.29) is 35.8 Å². The molecule has 9 heteroatoms. The Bertz CT molecular complexity index is 939. The zero-order valence-electron chi connectivity index (χ0n) is 16.3. The SMILES string of the molecule is CCCS(=O)(=O)N1CCCC(C(=O)Nc2ccc(NC(=O)c3ccco3)cc2)C1. The molecule has 8 nitrogen and oxygen atoms in total. The normalized spacial score (nSPS) is 17.6. The number of nitrogens with one attached hydrogen (secondary N) is 2. The Kier molecular flexibility index (Phi) is 6.71. The minimum Gasteiger partial charge on any atom is -0.459 e. The summed E-state index contributed by atoms with van der Waals surface area (Å²) in [5, 5.41) is 5.54. The highest BCUT2D eigenvalue weighted by Gasteiger charge is 2.31. The minimum atomic E-state index is -3.30. The molecule has 1 aromatic carbocycles. The molecule has 0 bridgehead atoms. The zero-order valence-corrected chi connectivity index (χ0v) is 17.1. The Morgan fingerprint density at radius 2 is 1.83 bits per heavy atom. The van der Waals surface area contributed by atoms with Crippen molar-refractivity contribution >= 4 is 33.2 Å². The Hall–Kier alpha value is -2.65. The van der Waals surface area contributed by atoms with Gasteiger partial charge in [-0.1, -0.05) is 6.92 Å². The van der Waals surface area contributed by atoms with Crippen LogP contribution in [0.5, 0.6) is 0 Å². The van der Waals surface area contributed by atoms with Crippen LogP contribution in [-0.2, 0) is 14.8 Å². The number of hydrogen-bond donors (Lipinski definition) is 2. The number of piperidine rings is 1. The average molecular weight is 420 g/mol. The molecule has 3 rings (SSSR count). The smallest absolute Gasteiger partial charge is 0.291 e. The third-order valence-corrected chi connectivity index (χ3v) is 6.81. The van der Waals surface area contributed by atoms with E-state index >= 15 is 0 Å². The molecule has 1 aromatic heterocycles. The predicted octanol–water partition coefficient (Wildman–Crippen LogP) is 2.92. The molecule has 156 valence electrons. The summed E-state index contributed by atoms with van der Waals surface area (Å²) in [7, 11) is -3.30. The van der Waals surface area contributed by atoms with E-state index in [1.54, 1.807) is 36.4 Å². The third kappa shape index (κ3) is 5.45. The lowest BCUT2D eigenvalue weighted by molar-refractivity contribution is -0.120. The molecule has 0 saturated carbocycles. The van der Waals surface area contributed by atoms with Crippen molar-refractivity contribution in [2.24, 2.45) is 5.92 Å². The number of hydrogen-bond acceptors (Lipinski definition) is 5. The van der Waals surface area contributed by atoms with E-state index in [2.05, 4.69) is 10.6 Å². The summed E-state index contributed by atoms with van der Waals surface area (Å²) >= 11 is 0. The Morgan fingerprint density at radius 3 is 2.45 bits per heavy atom. The van der Waals surface area contributed by atoms with Gasteiger partial charge in [-0.05, 0) is 55.7 Å². The second-order valence-corrected chi connectivity index (χ2v) is 9.10. The summed E-state index contributed by atoms with van der Waals surface area (Å²) < 4.78 is 31.0. The highest BCUT2D eigenvalue weighted by Crippen LogP contribution is 2.22. The number of nitrogens with zero attached hydrogens (tertiary/aromatic N) is 1. The van der Waals surface area contributed by atoms with Crippen molar-refractivity contribution in [2.45, 2.75) is 26.2 Å². The Morgan fingerprint density at radius 1 is 1.14 bits per heavy atom. The fourth-order valence-corrected chi connectivity index (χ4v) is 4.87. The number of furan rings is 1. The van der Waals surface area contributed by atoms with Crippen molar-refractivity contribution < 1.29 is 22.4 Å². The summed E-state index contributed by atoms with van der Waals surface area (Å²) in [4.78, 5) is 24.6. The van der Waals surface area contributed by atoms with Crippen molar-refractivity contribution in [2.75, 3.05) is 29.5 Å². The number of benzene rings is 1. The van der Waals surface area contributed by atoms with Gasteiger partial charge in [0.2, 0.25) is 15.9 Å². The molecule has 2 amide bonds. The second-order valence-electron chi connectivity index (χ2n) is 7.01. The van der Waals surface area contributed by atoms with Crippen LogP contribution in [-0.4, -0.2) is 43.4 Å². The summed E-state index contributed by atoms with van der Waals surface area (Å²) in [5.74, 6) is -0.626. The number of anilines is 2. The van der Waals surface area contributed by atoms with Crippen LogP contribution in [0.3, 0.4) is 0 Å². The first-order valence-electron chi connectivity index (χ1n) is 9.62. The average Bonchev–Trinajstić information content (AvgIpc) is 3.24. The monoisotopic (exact) mass is 419 g/mol. The predicted molar refractivity (Wildman–Crippen MR) is 110 cm³/mol. The lowest BCUT2D eigenvalue weighted by atomic mass is 9.98. The molecule has 0 aliphatic carbocycles. The van der Waals surface area contributed by atoms with Crippen LogP contribution in [0.2, 0.25) is 0 Å². The summed E-state index contributed by atoms with van der Waals surface area (Å²) in [5.41, 5.74) is 1.15. The van der Waals surface area contributed by atoms with Gasteiger partial charge in [0.15, 0.2) is 5.76 Å². The maximum atomic E-state index is 12.6. The van der Waals surface area contributed by atoms with Crippen LogP contribution in [0.25, 0.3) is 0 Å². The second kappa shape index (κ2) is 9.23. The summed E-state index contributed by atoms with van der Waals surface area (Å²) in [6.45, 7) is 2.51. The van der Waals surface area contributed by atoms with Crippen LogP contribution >= 0.6 is 0 Å². The van der Waals surface area contributed by atoms with Crippen molar-refractivity contribution in [3.8, 4) is 0 Å². The van der Waals surface area contributed by atoms with Crippen LogP contribution < -0.4 is 10.6 Å². The molecule has 1 fully saturated rings. The van der Waals surface area contributed by atoms with Gasteiger partial charge in [-0.25, -0.2) is 12.7 Å². The van der Waals surface area contributed by atoms with Gasteiger partial charge in [-0.3, -0.25) is 9.59 Å². The lowest BCUT2D eigenvalue weighted by Gasteiger charge is -2.31. The van der Waals surface area contributed by atoms with E-state index in [9.17, 15) is 18.0 Å². The maximum Gasteiger partial charge on any atom is 0.291 e. The highest BCUT2D eigenvalue weighted by atomic mass is 32.2. The molecule has 1 unspecified atom stereocenters. The number of carbonyl (C=O) groups excluding carboxylic acids is 2. The number of carbonyl (C=O) groups is 2. The first kappa shape index (κ1) is 21.1. The van der Waals surface area contributed by atoms with Gasteiger partial charge in [0.25, 0.3) is 5.91 Å². The number of rotatable bonds is 7. The van der Waals surface area contributed by atoms with Gasteiger partial charge < -0.3 is 15.1 Å². The van der Waals surface area contributed by atoms with Gasteiger partial charge in [-0.15, -0.1) is 0 Å². The van der Waals surface area contributed by atoms with E-state index in [1.807, 2.05) is 6.92 Å². The molecule has 1 saturated heterocycles. The molecular formula is C20H25N3O5S. The van der Waals surface area contributed by atoms with E-state index in [1.165, 1.54) is 10.6 Å². The molecule has 1 aliphatic heterocycles. The quantitative estimate of drug-likeness (QED) is 0.717. The first-order valence-corrected chi connectivity index (χ1v) is 11.2. The Labute approximate surface area is 170 Å². The van der Waals surface area contributed by atoms with Crippen LogP contribution in [0.1, 0.15) is 36.7 Å². The van der Waals surface area contributed by atoms with Crippen LogP contribution in [0.15, 0.2) is 47.1 Å². The number of sulfonamides is 1. The van der Waals surface area contributed by atoms with Crippen molar-refractivity contribution in [3.63, 3.8) is 0 Å². The third-order valence-electron chi connectivity index (χ3n) is 4.77.